The molecule has 0 fully saturated rings. The lowest BCUT2D eigenvalue weighted by molar-refractivity contribution is -0.122. The van der Waals surface area contributed by atoms with Crippen LogP contribution in [0.4, 0.5) is 5.69 Å². The summed E-state index contributed by atoms with van der Waals surface area (Å²) in [5.74, 6) is -0.704. The molecule has 24 heavy (non-hydrogen) atoms. The van der Waals surface area contributed by atoms with Gasteiger partial charge in [-0.1, -0.05) is 11.6 Å². The zero-order valence-electron chi connectivity index (χ0n) is 12.7. The number of nitriles is 1. The molecule has 0 aliphatic rings. The van der Waals surface area contributed by atoms with Crippen LogP contribution in [0.15, 0.2) is 42.5 Å². The number of benzene rings is 2. The molecule has 0 bridgehead atoms. The van der Waals surface area contributed by atoms with Crippen molar-refractivity contribution >= 4 is 29.1 Å². The lowest BCUT2D eigenvalue weighted by Crippen LogP contribution is -2.31. The largest absolute Gasteiger partial charge is 0.481 e. The Labute approximate surface area is 143 Å². The Hall–Kier alpha value is -3.04. The summed E-state index contributed by atoms with van der Waals surface area (Å²) in [6.45, 7) is 1.56. The lowest BCUT2D eigenvalue weighted by Gasteiger charge is -2.16. The number of primary amides is 1. The van der Waals surface area contributed by atoms with Gasteiger partial charge >= 0.3 is 0 Å². The zero-order chi connectivity index (χ0) is 17.7. The minimum atomic E-state index is -0.836. The van der Waals surface area contributed by atoms with E-state index in [4.69, 9.17) is 27.3 Å². The molecule has 122 valence electrons. The summed E-state index contributed by atoms with van der Waals surface area (Å²) in [4.78, 5) is 23.6. The average Bonchev–Trinajstić information content (AvgIpc) is 2.55. The van der Waals surface area contributed by atoms with Gasteiger partial charge in [0.05, 0.1) is 22.9 Å². The Bertz CT molecular complexity index is 813. The van der Waals surface area contributed by atoms with Crippen LogP contribution >= 0.6 is 11.6 Å². The Balaban J connectivity index is 2.10. The van der Waals surface area contributed by atoms with Gasteiger partial charge in [-0.3, -0.25) is 9.59 Å². The predicted octanol–water partition coefficient (Wildman–Crippen LogP) is 2.72. The zero-order valence-corrected chi connectivity index (χ0v) is 13.5. The van der Waals surface area contributed by atoms with Gasteiger partial charge < -0.3 is 15.8 Å². The van der Waals surface area contributed by atoms with Crippen LogP contribution in [0.25, 0.3) is 0 Å². The van der Waals surface area contributed by atoms with E-state index in [2.05, 4.69) is 5.32 Å². The molecule has 0 aliphatic carbocycles. The lowest BCUT2D eigenvalue weighted by atomic mass is 10.1. The number of carbonyl (C=O) groups is 2. The number of rotatable bonds is 5. The molecule has 2 rings (SSSR count). The Morgan fingerprint density at radius 2 is 1.92 bits per heavy atom. The number of hydrogen-bond donors (Lipinski definition) is 2. The van der Waals surface area contributed by atoms with Crippen molar-refractivity contribution in [1.29, 1.82) is 5.26 Å². The molecule has 2 amide bonds. The molecule has 0 saturated heterocycles. The molecule has 0 spiro atoms. The first-order chi connectivity index (χ1) is 11.4. The Morgan fingerprint density at radius 1 is 1.25 bits per heavy atom. The van der Waals surface area contributed by atoms with Crippen molar-refractivity contribution in [2.24, 2.45) is 5.73 Å². The third-order valence-corrected chi connectivity index (χ3v) is 3.41. The molecule has 0 unspecified atom stereocenters. The van der Waals surface area contributed by atoms with Crippen molar-refractivity contribution in [3.63, 3.8) is 0 Å². The monoisotopic (exact) mass is 343 g/mol. The summed E-state index contributed by atoms with van der Waals surface area (Å²) in [5, 5.41) is 11.7. The maximum atomic E-state index is 12.2. The van der Waals surface area contributed by atoms with Crippen LogP contribution in [-0.2, 0) is 4.79 Å². The second kappa shape index (κ2) is 7.49. The predicted molar refractivity (Wildman–Crippen MR) is 89.8 cm³/mol. The molecule has 0 aromatic heterocycles. The first-order valence-electron chi connectivity index (χ1n) is 6.97. The van der Waals surface area contributed by atoms with Crippen molar-refractivity contribution in [1.82, 2.24) is 0 Å². The number of nitrogens with two attached hydrogens (primary N) is 1. The number of halogens is 1. The molecule has 0 heterocycles. The molecule has 6 nitrogen and oxygen atoms in total. The van der Waals surface area contributed by atoms with Gasteiger partial charge in [0.2, 0.25) is 0 Å². The summed E-state index contributed by atoms with van der Waals surface area (Å²) in [6.07, 6.45) is -0.836. The third kappa shape index (κ3) is 4.24. The van der Waals surface area contributed by atoms with Gasteiger partial charge in [-0.15, -0.1) is 0 Å². The molecule has 1 atom stereocenters. The van der Waals surface area contributed by atoms with Crippen molar-refractivity contribution < 1.29 is 14.3 Å². The molecule has 0 radical (unpaired) electrons. The van der Waals surface area contributed by atoms with Crippen LogP contribution in [0.1, 0.15) is 22.8 Å². The summed E-state index contributed by atoms with van der Waals surface area (Å²) in [7, 11) is 0. The van der Waals surface area contributed by atoms with E-state index in [9.17, 15) is 9.59 Å². The molecule has 2 aromatic carbocycles. The standard InChI is InChI=1S/C17H14ClN3O3/c1-10(24-13-5-2-11(9-19)3-6-13)17(23)21-15-8-12(18)4-7-14(15)16(20)22/h2-8,10H,1H3,(H2,20,22)(H,21,23)/t10-/m0/s1. The fourth-order valence-electron chi connectivity index (χ4n) is 1.93. The van der Waals surface area contributed by atoms with Gasteiger partial charge in [-0.2, -0.15) is 5.26 Å². The van der Waals surface area contributed by atoms with Gasteiger partial charge in [0.1, 0.15) is 5.75 Å². The Kier molecular flexibility index (Phi) is 5.40. The minimum Gasteiger partial charge on any atom is -0.481 e. The third-order valence-electron chi connectivity index (χ3n) is 3.17. The fraction of sp³-hybridized carbons (Fsp3) is 0.118. The number of carbonyl (C=O) groups excluding carboxylic acids is 2. The van der Waals surface area contributed by atoms with Crippen molar-refractivity contribution in [3.8, 4) is 11.8 Å². The van der Waals surface area contributed by atoms with Crippen LogP contribution in [0.3, 0.4) is 0 Å². The Morgan fingerprint density at radius 3 is 2.50 bits per heavy atom. The second-order valence-corrected chi connectivity index (χ2v) is 5.38. The van der Waals surface area contributed by atoms with E-state index in [1.54, 1.807) is 31.2 Å². The van der Waals surface area contributed by atoms with E-state index < -0.39 is 17.9 Å². The fourth-order valence-corrected chi connectivity index (χ4v) is 2.11. The summed E-state index contributed by atoms with van der Waals surface area (Å²) < 4.78 is 5.51. The van der Waals surface area contributed by atoms with E-state index in [-0.39, 0.29) is 11.3 Å². The summed E-state index contributed by atoms with van der Waals surface area (Å²) in [5.41, 5.74) is 6.14. The minimum absolute atomic E-state index is 0.151. The summed E-state index contributed by atoms with van der Waals surface area (Å²) >= 11 is 5.88. The van der Waals surface area contributed by atoms with Crippen molar-refractivity contribution in [3.05, 3.63) is 58.6 Å². The van der Waals surface area contributed by atoms with Crippen molar-refractivity contribution in [2.45, 2.75) is 13.0 Å². The molecule has 0 aliphatic heterocycles. The van der Waals surface area contributed by atoms with Gasteiger partial charge in [0.25, 0.3) is 11.8 Å². The van der Waals surface area contributed by atoms with E-state index in [1.807, 2.05) is 6.07 Å². The van der Waals surface area contributed by atoms with Crippen LogP contribution in [0.2, 0.25) is 5.02 Å². The molecule has 2 aromatic rings. The van der Waals surface area contributed by atoms with E-state index in [1.165, 1.54) is 18.2 Å². The number of nitrogens with zero attached hydrogens (tertiary/aromatic N) is 1. The highest BCUT2D eigenvalue weighted by molar-refractivity contribution is 6.31. The maximum absolute atomic E-state index is 12.2. The maximum Gasteiger partial charge on any atom is 0.265 e. The van der Waals surface area contributed by atoms with Gasteiger partial charge in [0.15, 0.2) is 6.10 Å². The van der Waals surface area contributed by atoms with E-state index in [0.717, 1.165) is 0 Å². The highest BCUT2D eigenvalue weighted by Gasteiger charge is 2.18. The number of ether oxygens (including phenoxy) is 1. The molecular weight excluding hydrogens is 330 g/mol. The second-order valence-electron chi connectivity index (χ2n) is 4.94. The van der Waals surface area contributed by atoms with Crippen LogP contribution in [0.5, 0.6) is 5.75 Å². The SMILES string of the molecule is C[C@H](Oc1ccc(C#N)cc1)C(=O)Nc1cc(Cl)ccc1C(N)=O. The highest BCUT2D eigenvalue weighted by atomic mass is 35.5. The molecule has 3 N–H and O–H groups in total. The quantitative estimate of drug-likeness (QED) is 0.870. The first kappa shape index (κ1) is 17.3. The molecule has 7 heteroatoms. The highest BCUT2D eigenvalue weighted by Crippen LogP contribution is 2.21. The number of hydrogen-bond acceptors (Lipinski definition) is 4. The van der Waals surface area contributed by atoms with Crippen LogP contribution < -0.4 is 15.8 Å². The normalized spacial score (nSPS) is 11.2. The van der Waals surface area contributed by atoms with Crippen LogP contribution in [0, 0.1) is 11.3 Å². The number of amides is 2. The van der Waals surface area contributed by atoms with Crippen LogP contribution in [-0.4, -0.2) is 17.9 Å². The smallest absolute Gasteiger partial charge is 0.265 e. The van der Waals surface area contributed by atoms with Gasteiger partial charge in [0, 0.05) is 5.02 Å². The van der Waals surface area contributed by atoms with Crippen molar-refractivity contribution in [2.75, 3.05) is 5.32 Å². The first-order valence-corrected chi connectivity index (χ1v) is 7.35. The summed E-state index contributed by atoms with van der Waals surface area (Å²) in [6, 6.07) is 12.7. The van der Waals surface area contributed by atoms with Gasteiger partial charge in [-0.05, 0) is 49.4 Å². The molecular formula is C17H14ClN3O3. The van der Waals surface area contributed by atoms with Gasteiger partial charge in [-0.25, -0.2) is 0 Å². The number of nitrogens with one attached hydrogen (secondary N) is 1. The van der Waals surface area contributed by atoms with E-state index in [0.29, 0.717) is 16.3 Å². The molecule has 0 saturated carbocycles. The topological polar surface area (TPSA) is 105 Å². The average molecular weight is 344 g/mol. The van der Waals surface area contributed by atoms with E-state index >= 15 is 0 Å². The number of anilines is 1.